The molecule has 1 aromatic heterocycles. The van der Waals surface area contributed by atoms with Crippen molar-refractivity contribution in [2.24, 2.45) is 18.0 Å². The summed E-state index contributed by atoms with van der Waals surface area (Å²) in [5.41, 5.74) is 0.660. The van der Waals surface area contributed by atoms with Gasteiger partial charge in [-0.25, -0.2) is 13.2 Å². The number of nitrogens with zero attached hydrogens (tertiary/aromatic N) is 3. The van der Waals surface area contributed by atoms with Gasteiger partial charge in [-0.2, -0.15) is 9.30 Å². The summed E-state index contributed by atoms with van der Waals surface area (Å²) in [6, 6.07) is 6.18. The van der Waals surface area contributed by atoms with Crippen LogP contribution in [0.4, 0.5) is 0 Å². The maximum atomic E-state index is 13.0. The summed E-state index contributed by atoms with van der Waals surface area (Å²) in [6.45, 7) is 4.15. The van der Waals surface area contributed by atoms with Gasteiger partial charge in [0, 0.05) is 25.8 Å². The molecule has 1 aliphatic rings. The van der Waals surface area contributed by atoms with Gasteiger partial charge in [0.1, 0.15) is 10.6 Å². The van der Waals surface area contributed by atoms with Gasteiger partial charge in [0.2, 0.25) is 10.0 Å². The summed E-state index contributed by atoms with van der Waals surface area (Å²) >= 11 is 1.09. The first kappa shape index (κ1) is 24.1. The molecule has 1 amide bonds. The molecule has 1 aromatic carbocycles. The first-order chi connectivity index (χ1) is 15.2. The average molecular weight is 482 g/mol. The number of thiazole rings is 1. The largest absolute Gasteiger partial charge is 0.497 e. The summed E-state index contributed by atoms with van der Waals surface area (Å²) < 4.78 is 39.2. The lowest BCUT2D eigenvalue weighted by Gasteiger charge is -2.30. The number of carbonyl (C=O) groups is 2. The van der Waals surface area contributed by atoms with E-state index in [0.29, 0.717) is 40.5 Å². The van der Waals surface area contributed by atoms with Crippen molar-refractivity contribution in [3.63, 3.8) is 0 Å². The lowest BCUT2D eigenvalue weighted by molar-refractivity contribution is -0.122. The van der Waals surface area contributed by atoms with Gasteiger partial charge in [0.05, 0.1) is 24.5 Å². The van der Waals surface area contributed by atoms with Gasteiger partial charge in [-0.05, 0) is 51.0 Å². The van der Waals surface area contributed by atoms with Gasteiger partial charge < -0.3 is 14.0 Å². The number of sulfonamides is 1. The summed E-state index contributed by atoms with van der Waals surface area (Å²) in [5, 5.41) is 0. The molecular formula is C21H27N3O6S2. The molecule has 0 spiro atoms. The maximum absolute atomic E-state index is 13.0. The van der Waals surface area contributed by atoms with Gasteiger partial charge in [-0.1, -0.05) is 11.3 Å². The van der Waals surface area contributed by atoms with Gasteiger partial charge in [-0.15, -0.1) is 0 Å². The van der Waals surface area contributed by atoms with Crippen LogP contribution in [0.2, 0.25) is 0 Å². The standard InChI is InChI=1S/C21H27N3O6S2/c1-5-30-20(26)18-14(2)23(3)21(31-18)22-19(25)15-7-6-12-24(13-15)32(27,28)17-10-8-16(29-4)9-11-17/h8-11,15H,5-7,12-13H2,1-4H3. The highest BCUT2D eigenvalue weighted by atomic mass is 32.2. The van der Waals surface area contributed by atoms with E-state index in [1.54, 1.807) is 37.6 Å². The molecule has 11 heteroatoms. The van der Waals surface area contributed by atoms with E-state index >= 15 is 0 Å². The molecule has 1 saturated heterocycles. The fourth-order valence-electron chi connectivity index (χ4n) is 3.46. The molecule has 174 valence electrons. The highest BCUT2D eigenvalue weighted by Gasteiger charge is 2.33. The van der Waals surface area contributed by atoms with Gasteiger partial charge in [-0.3, -0.25) is 4.79 Å². The molecule has 1 fully saturated rings. The van der Waals surface area contributed by atoms with Crippen LogP contribution < -0.4 is 9.54 Å². The molecule has 2 heterocycles. The summed E-state index contributed by atoms with van der Waals surface area (Å²) in [7, 11) is -0.498. The monoisotopic (exact) mass is 481 g/mol. The zero-order chi connectivity index (χ0) is 23.5. The zero-order valence-corrected chi connectivity index (χ0v) is 20.2. The van der Waals surface area contributed by atoms with Crippen molar-refractivity contribution in [3.8, 4) is 5.75 Å². The Morgan fingerprint density at radius 2 is 1.94 bits per heavy atom. The molecule has 32 heavy (non-hydrogen) atoms. The van der Waals surface area contributed by atoms with E-state index in [4.69, 9.17) is 9.47 Å². The first-order valence-electron chi connectivity index (χ1n) is 10.2. The van der Waals surface area contributed by atoms with Crippen LogP contribution in [0.5, 0.6) is 5.75 Å². The first-order valence-corrected chi connectivity index (χ1v) is 12.5. The number of piperidine rings is 1. The number of ether oxygens (including phenoxy) is 2. The molecule has 3 rings (SSSR count). The zero-order valence-electron chi connectivity index (χ0n) is 18.5. The van der Waals surface area contributed by atoms with E-state index in [0.717, 1.165) is 11.3 Å². The van der Waals surface area contributed by atoms with Crippen molar-refractivity contribution < 1.29 is 27.5 Å². The molecule has 1 unspecified atom stereocenters. The number of amides is 1. The second kappa shape index (κ2) is 9.97. The minimum atomic E-state index is -3.73. The van der Waals surface area contributed by atoms with Crippen molar-refractivity contribution in [3.05, 3.63) is 39.6 Å². The van der Waals surface area contributed by atoms with Crippen molar-refractivity contribution in [2.75, 3.05) is 26.8 Å². The topological polar surface area (TPSA) is 107 Å². The quantitative estimate of drug-likeness (QED) is 0.585. The molecule has 1 atom stereocenters. The number of methoxy groups -OCH3 is 1. The van der Waals surface area contributed by atoms with E-state index in [-0.39, 0.29) is 18.0 Å². The number of aromatic nitrogens is 1. The van der Waals surface area contributed by atoms with Crippen LogP contribution in [0.3, 0.4) is 0 Å². The van der Waals surface area contributed by atoms with E-state index in [1.165, 1.54) is 23.5 Å². The van der Waals surface area contributed by atoms with Crippen LogP contribution in [0.1, 0.15) is 35.1 Å². The predicted octanol–water partition coefficient (Wildman–Crippen LogP) is 2.11. The predicted molar refractivity (Wildman–Crippen MR) is 119 cm³/mol. The Balaban J connectivity index is 1.81. The van der Waals surface area contributed by atoms with Crippen LogP contribution in [0.25, 0.3) is 0 Å². The molecular weight excluding hydrogens is 454 g/mol. The fraction of sp³-hybridized carbons (Fsp3) is 0.476. The number of hydrogen-bond donors (Lipinski definition) is 0. The Bertz CT molecular complexity index is 1170. The minimum absolute atomic E-state index is 0.0650. The number of carbonyl (C=O) groups excluding carboxylic acids is 2. The maximum Gasteiger partial charge on any atom is 0.350 e. The molecule has 1 aliphatic heterocycles. The number of hydrogen-bond acceptors (Lipinski definition) is 7. The van der Waals surface area contributed by atoms with Crippen molar-refractivity contribution in [1.82, 2.24) is 8.87 Å². The smallest absolute Gasteiger partial charge is 0.350 e. The van der Waals surface area contributed by atoms with Crippen molar-refractivity contribution >= 4 is 33.2 Å². The average Bonchev–Trinajstić information content (AvgIpc) is 3.08. The molecule has 0 radical (unpaired) electrons. The van der Waals surface area contributed by atoms with Crippen LogP contribution in [0.15, 0.2) is 34.2 Å². The van der Waals surface area contributed by atoms with Gasteiger partial charge >= 0.3 is 5.97 Å². The third-order valence-corrected chi connectivity index (χ3v) is 8.50. The molecule has 9 nitrogen and oxygen atoms in total. The number of benzene rings is 1. The Hall–Kier alpha value is -2.50. The van der Waals surface area contributed by atoms with Crippen molar-refractivity contribution in [1.29, 1.82) is 0 Å². The second-order valence-corrected chi connectivity index (χ2v) is 10.3. The van der Waals surface area contributed by atoms with Crippen LogP contribution in [-0.4, -0.2) is 56.0 Å². The summed E-state index contributed by atoms with van der Waals surface area (Å²) in [5.74, 6) is -0.832. The van der Waals surface area contributed by atoms with E-state index < -0.39 is 27.8 Å². The van der Waals surface area contributed by atoms with Crippen molar-refractivity contribution in [2.45, 2.75) is 31.6 Å². The second-order valence-electron chi connectivity index (χ2n) is 7.41. The Morgan fingerprint density at radius 1 is 1.25 bits per heavy atom. The highest BCUT2D eigenvalue weighted by Crippen LogP contribution is 2.26. The van der Waals surface area contributed by atoms with Gasteiger partial charge in [0.25, 0.3) is 5.91 Å². The van der Waals surface area contributed by atoms with E-state index in [2.05, 4.69) is 4.99 Å². The fourth-order valence-corrected chi connectivity index (χ4v) is 6.00. The Labute approximate surface area is 191 Å². The van der Waals surface area contributed by atoms with Gasteiger partial charge in [0.15, 0.2) is 4.80 Å². The lowest BCUT2D eigenvalue weighted by atomic mass is 9.99. The number of esters is 1. The van der Waals surface area contributed by atoms with E-state index in [9.17, 15) is 18.0 Å². The Morgan fingerprint density at radius 3 is 2.56 bits per heavy atom. The third kappa shape index (κ3) is 4.94. The normalized spacial score (nSPS) is 17.9. The van der Waals surface area contributed by atoms with Crippen LogP contribution >= 0.6 is 11.3 Å². The Kier molecular flexibility index (Phi) is 7.52. The number of rotatable bonds is 6. The van der Waals surface area contributed by atoms with Crippen LogP contribution in [-0.2, 0) is 26.6 Å². The van der Waals surface area contributed by atoms with E-state index in [1.807, 2.05) is 0 Å². The molecule has 0 N–H and O–H groups in total. The summed E-state index contributed by atoms with van der Waals surface area (Å²) in [4.78, 5) is 30.2. The van der Waals surface area contributed by atoms with Crippen LogP contribution in [0, 0.1) is 12.8 Å². The lowest BCUT2D eigenvalue weighted by Crippen LogP contribution is -2.42. The molecule has 0 aliphatic carbocycles. The summed E-state index contributed by atoms with van der Waals surface area (Å²) in [6.07, 6.45) is 1.11. The molecule has 2 aromatic rings. The minimum Gasteiger partial charge on any atom is -0.497 e. The SMILES string of the molecule is CCOC(=O)c1sc(=NC(=O)C2CCCN(S(=O)(=O)c3ccc(OC)cc3)C2)n(C)c1C. The molecule has 0 bridgehead atoms. The third-order valence-electron chi connectivity index (χ3n) is 5.41. The molecule has 0 saturated carbocycles. The highest BCUT2D eigenvalue weighted by molar-refractivity contribution is 7.89.